The first-order valence-corrected chi connectivity index (χ1v) is 6.68. The number of benzene rings is 2. The zero-order valence-electron chi connectivity index (χ0n) is 11.8. The summed E-state index contributed by atoms with van der Waals surface area (Å²) in [5.74, 6) is -0.879. The molecule has 0 fully saturated rings. The molecule has 0 aromatic heterocycles. The fourth-order valence-electron chi connectivity index (χ4n) is 2.11. The number of carbonyl (C=O) groups excluding carboxylic acids is 1. The van der Waals surface area contributed by atoms with Gasteiger partial charge in [0.05, 0.1) is 11.3 Å². The summed E-state index contributed by atoms with van der Waals surface area (Å²) in [6.45, 7) is 1.98. The molecule has 0 unspecified atom stereocenters. The summed E-state index contributed by atoms with van der Waals surface area (Å²) < 4.78 is 5.57. The van der Waals surface area contributed by atoms with Gasteiger partial charge in [0.15, 0.2) is 11.5 Å². The van der Waals surface area contributed by atoms with Crippen molar-refractivity contribution < 1.29 is 19.4 Å². The summed E-state index contributed by atoms with van der Waals surface area (Å²) in [5.41, 5.74) is 2.42. The maximum atomic E-state index is 12.1. The van der Waals surface area contributed by atoms with E-state index in [9.17, 15) is 9.59 Å². The van der Waals surface area contributed by atoms with Crippen molar-refractivity contribution in [1.29, 1.82) is 0 Å². The Hall–Kier alpha value is -3.08. The molecule has 0 radical (unpaired) electrons. The van der Waals surface area contributed by atoms with E-state index in [0.717, 1.165) is 11.1 Å². The van der Waals surface area contributed by atoms with Gasteiger partial charge < -0.3 is 15.2 Å². The largest absolute Gasteiger partial charge is 0.478 e. The summed E-state index contributed by atoms with van der Waals surface area (Å²) in [7, 11) is 0. The third-order valence-electron chi connectivity index (χ3n) is 3.29. The van der Waals surface area contributed by atoms with E-state index in [1.165, 1.54) is 18.2 Å². The van der Waals surface area contributed by atoms with Crippen LogP contribution >= 0.6 is 0 Å². The third-order valence-corrected chi connectivity index (χ3v) is 3.29. The van der Waals surface area contributed by atoms with Crippen LogP contribution in [0.3, 0.4) is 0 Å². The first-order chi connectivity index (χ1) is 10.5. The van der Waals surface area contributed by atoms with Gasteiger partial charge >= 0.3 is 5.97 Å². The van der Waals surface area contributed by atoms with Crippen LogP contribution in [0.2, 0.25) is 0 Å². The molecule has 0 saturated carbocycles. The van der Waals surface area contributed by atoms with Gasteiger partial charge in [-0.2, -0.15) is 0 Å². The molecule has 22 heavy (non-hydrogen) atoms. The topological polar surface area (TPSA) is 75.6 Å². The van der Waals surface area contributed by atoms with Crippen molar-refractivity contribution in [2.75, 3.05) is 5.32 Å². The van der Waals surface area contributed by atoms with Crippen LogP contribution < -0.4 is 10.1 Å². The average molecular weight is 295 g/mol. The summed E-state index contributed by atoms with van der Waals surface area (Å²) in [6, 6.07) is 12.0. The lowest BCUT2D eigenvalue weighted by Crippen LogP contribution is -2.23. The SMILES string of the molecule is Cc1ccc(/C=C2/Oc3ccc(C(=O)O)cc3NC2=O)cc1. The molecule has 1 aliphatic rings. The number of hydrogen-bond acceptors (Lipinski definition) is 3. The van der Waals surface area contributed by atoms with Crippen LogP contribution in [-0.4, -0.2) is 17.0 Å². The van der Waals surface area contributed by atoms with Crippen molar-refractivity contribution in [2.24, 2.45) is 0 Å². The van der Waals surface area contributed by atoms with Gasteiger partial charge in [-0.1, -0.05) is 29.8 Å². The van der Waals surface area contributed by atoms with Crippen molar-refractivity contribution in [3.05, 3.63) is 64.9 Å². The van der Waals surface area contributed by atoms with Crippen molar-refractivity contribution in [3.8, 4) is 5.75 Å². The van der Waals surface area contributed by atoms with Gasteiger partial charge in [0.1, 0.15) is 0 Å². The molecule has 0 bridgehead atoms. The number of carboxylic acid groups (broad SMARTS) is 1. The predicted molar refractivity (Wildman–Crippen MR) is 81.8 cm³/mol. The molecule has 2 aromatic rings. The Morgan fingerprint density at radius 3 is 2.59 bits per heavy atom. The van der Waals surface area contributed by atoms with E-state index in [1.54, 1.807) is 6.08 Å². The van der Waals surface area contributed by atoms with Crippen LogP contribution in [-0.2, 0) is 4.79 Å². The summed E-state index contributed by atoms with van der Waals surface area (Å²) in [5, 5.41) is 11.6. The van der Waals surface area contributed by atoms with E-state index in [0.29, 0.717) is 11.4 Å². The van der Waals surface area contributed by atoms with E-state index in [1.807, 2.05) is 31.2 Å². The van der Waals surface area contributed by atoms with Gasteiger partial charge in [-0.05, 0) is 36.8 Å². The molecule has 1 heterocycles. The zero-order valence-corrected chi connectivity index (χ0v) is 11.8. The number of hydrogen-bond donors (Lipinski definition) is 2. The number of aromatic carboxylic acids is 1. The van der Waals surface area contributed by atoms with Crippen molar-refractivity contribution >= 4 is 23.6 Å². The van der Waals surface area contributed by atoms with Gasteiger partial charge in [-0.3, -0.25) is 4.79 Å². The fraction of sp³-hybridized carbons (Fsp3) is 0.0588. The van der Waals surface area contributed by atoms with E-state index in [2.05, 4.69) is 5.32 Å². The quantitative estimate of drug-likeness (QED) is 0.835. The second-order valence-electron chi connectivity index (χ2n) is 4.99. The van der Waals surface area contributed by atoms with Crippen LogP contribution in [0.5, 0.6) is 5.75 Å². The van der Waals surface area contributed by atoms with E-state index in [-0.39, 0.29) is 11.3 Å². The van der Waals surface area contributed by atoms with Crippen molar-refractivity contribution in [2.45, 2.75) is 6.92 Å². The molecule has 0 spiro atoms. The lowest BCUT2D eigenvalue weighted by atomic mass is 10.1. The molecule has 5 nitrogen and oxygen atoms in total. The van der Waals surface area contributed by atoms with Gasteiger partial charge in [0.2, 0.25) is 0 Å². The molecule has 0 atom stereocenters. The van der Waals surface area contributed by atoms with Crippen LogP contribution in [0.1, 0.15) is 21.5 Å². The summed E-state index contributed by atoms with van der Waals surface area (Å²) in [4.78, 5) is 23.0. The molecule has 1 amide bonds. The highest BCUT2D eigenvalue weighted by Gasteiger charge is 2.23. The van der Waals surface area contributed by atoms with Crippen molar-refractivity contribution in [1.82, 2.24) is 0 Å². The van der Waals surface area contributed by atoms with Crippen LogP contribution in [0.15, 0.2) is 48.2 Å². The van der Waals surface area contributed by atoms with Crippen molar-refractivity contribution in [3.63, 3.8) is 0 Å². The Labute approximate surface area is 126 Å². The molecule has 3 rings (SSSR count). The maximum absolute atomic E-state index is 12.1. The Bertz CT molecular complexity index is 791. The smallest absolute Gasteiger partial charge is 0.335 e. The monoisotopic (exact) mass is 295 g/mol. The van der Waals surface area contributed by atoms with E-state index in [4.69, 9.17) is 9.84 Å². The Kier molecular flexibility index (Phi) is 3.39. The molecule has 0 aliphatic carbocycles. The van der Waals surface area contributed by atoms with Crippen LogP contribution in [0.25, 0.3) is 6.08 Å². The second kappa shape index (κ2) is 5.37. The van der Waals surface area contributed by atoms with Gasteiger partial charge in [-0.15, -0.1) is 0 Å². The summed E-state index contributed by atoms with van der Waals surface area (Å²) >= 11 is 0. The second-order valence-corrected chi connectivity index (χ2v) is 4.99. The number of nitrogens with one attached hydrogen (secondary N) is 1. The minimum absolute atomic E-state index is 0.0913. The number of carbonyl (C=O) groups is 2. The number of amides is 1. The van der Waals surface area contributed by atoms with E-state index >= 15 is 0 Å². The molecule has 2 aromatic carbocycles. The van der Waals surface area contributed by atoms with Crippen LogP contribution in [0, 0.1) is 6.92 Å². The zero-order chi connectivity index (χ0) is 15.7. The highest BCUT2D eigenvalue weighted by atomic mass is 16.5. The Balaban J connectivity index is 1.93. The predicted octanol–water partition coefficient (Wildman–Crippen LogP) is 3.07. The normalized spacial score (nSPS) is 15.0. The molecular formula is C17H13NO4. The molecule has 1 aliphatic heterocycles. The number of fused-ring (bicyclic) bond motifs is 1. The average Bonchev–Trinajstić information content (AvgIpc) is 2.49. The van der Waals surface area contributed by atoms with Gasteiger partial charge in [-0.25, -0.2) is 4.79 Å². The highest BCUT2D eigenvalue weighted by Crippen LogP contribution is 2.32. The molecule has 0 saturated heterocycles. The minimum atomic E-state index is -1.06. The van der Waals surface area contributed by atoms with E-state index < -0.39 is 11.9 Å². The number of anilines is 1. The first kappa shape index (κ1) is 13.9. The highest BCUT2D eigenvalue weighted by molar-refractivity contribution is 6.08. The number of ether oxygens (including phenoxy) is 1. The molecule has 110 valence electrons. The minimum Gasteiger partial charge on any atom is -0.478 e. The first-order valence-electron chi connectivity index (χ1n) is 6.68. The number of rotatable bonds is 2. The fourth-order valence-corrected chi connectivity index (χ4v) is 2.11. The third kappa shape index (κ3) is 2.69. The maximum Gasteiger partial charge on any atom is 0.335 e. The molecular weight excluding hydrogens is 282 g/mol. The number of aryl methyl sites for hydroxylation is 1. The lowest BCUT2D eigenvalue weighted by molar-refractivity contribution is -0.115. The van der Waals surface area contributed by atoms with Crippen LogP contribution in [0.4, 0.5) is 5.69 Å². The molecule has 5 heteroatoms. The number of carboxylic acids is 1. The van der Waals surface area contributed by atoms with Gasteiger partial charge in [0, 0.05) is 0 Å². The standard InChI is InChI=1S/C17H13NO4/c1-10-2-4-11(5-3-10)8-15-16(19)18-13-9-12(17(20)21)6-7-14(13)22-15/h2-9H,1H3,(H,18,19)(H,20,21)/b15-8+. The summed E-state index contributed by atoms with van der Waals surface area (Å²) in [6.07, 6.45) is 1.64. The lowest BCUT2D eigenvalue weighted by Gasteiger charge is -2.20. The Morgan fingerprint density at radius 1 is 1.18 bits per heavy atom. The van der Waals surface area contributed by atoms with Gasteiger partial charge in [0.25, 0.3) is 5.91 Å². The molecule has 2 N–H and O–H groups in total. The Morgan fingerprint density at radius 2 is 1.91 bits per heavy atom.